The van der Waals surface area contributed by atoms with Crippen LogP contribution in [0.5, 0.6) is 11.5 Å². The molecule has 1 aromatic heterocycles. The van der Waals surface area contributed by atoms with Crippen LogP contribution in [-0.2, 0) is 9.59 Å². The molecule has 0 radical (unpaired) electrons. The van der Waals surface area contributed by atoms with Gasteiger partial charge < -0.3 is 31.1 Å². The maximum atomic E-state index is 13.3. The highest BCUT2D eigenvalue weighted by atomic mass is 32.1. The molecule has 3 amide bonds. The van der Waals surface area contributed by atoms with Crippen LogP contribution in [0.1, 0.15) is 46.6 Å². The lowest BCUT2D eigenvalue weighted by atomic mass is 10.00. The molecule has 1 aliphatic carbocycles. The Morgan fingerprint density at radius 3 is 2.41 bits per heavy atom. The number of nitrogen functional groups attached to an aromatic ring is 1. The highest BCUT2D eigenvalue weighted by molar-refractivity contribution is 7.10. The molecule has 1 unspecified atom stereocenters. The summed E-state index contributed by atoms with van der Waals surface area (Å²) in [5.74, 6) is -0.743. The van der Waals surface area contributed by atoms with E-state index in [1.807, 2.05) is 6.92 Å². The second-order valence-electron chi connectivity index (χ2n) is 10.4. The van der Waals surface area contributed by atoms with Gasteiger partial charge in [-0.15, -0.1) is 11.3 Å². The van der Waals surface area contributed by atoms with Crippen LogP contribution in [0.15, 0.2) is 60.0 Å². The van der Waals surface area contributed by atoms with Crippen molar-refractivity contribution in [2.45, 2.75) is 37.9 Å². The van der Waals surface area contributed by atoms with Crippen LogP contribution in [-0.4, -0.2) is 58.8 Å². The van der Waals surface area contributed by atoms with E-state index in [0.29, 0.717) is 35.5 Å². The normalized spacial score (nSPS) is 21.5. The zero-order chi connectivity index (χ0) is 29.3. The highest BCUT2D eigenvalue weighted by Gasteiger charge is 2.66. The van der Waals surface area contributed by atoms with Gasteiger partial charge in [-0.05, 0) is 74.4 Å². The van der Waals surface area contributed by atoms with Gasteiger partial charge in [-0.2, -0.15) is 0 Å². The van der Waals surface area contributed by atoms with Crippen molar-refractivity contribution in [2.24, 2.45) is 11.1 Å². The first kappa shape index (κ1) is 28.2. The molecular formula is C29H30FN5O5S. The van der Waals surface area contributed by atoms with Gasteiger partial charge in [0.15, 0.2) is 0 Å². The summed E-state index contributed by atoms with van der Waals surface area (Å²) in [7, 11) is 0. The first-order chi connectivity index (χ1) is 19.6. The van der Waals surface area contributed by atoms with E-state index in [2.05, 4.69) is 10.6 Å². The first-order valence-electron chi connectivity index (χ1n) is 13.1. The maximum Gasteiger partial charge on any atom is 0.251 e. The molecule has 5 rings (SSSR count). The van der Waals surface area contributed by atoms with Gasteiger partial charge >= 0.3 is 0 Å². The number of rotatable bonds is 10. The lowest BCUT2D eigenvalue weighted by molar-refractivity contribution is -0.139. The number of halogens is 1. The third-order valence-corrected chi connectivity index (χ3v) is 8.72. The smallest absolute Gasteiger partial charge is 0.251 e. The number of carbonyl (C=O) groups is 3. The van der Waals surface area contributed by atoms with Gasteiger partial charge in [0, 0.05) is 32.8 Å². The van der Waals surface area contributed by atoms with Crippen molar-refractivity contribution in [3.8, 4) is 11.5 Å². The van der Waals surface area contributed by atoms with Gasteiger partial charge in [-0.3, -0.25) is 19.8 Å². The van der Waals surface area contributed by atoms with E-state index in [1.165, 1.54) is 40.5 Å². The van der Waals surface area contributed by atoms with Crippen LogP contribution in [0, 0.1) is 16.6 Å². The summed E-state index contributed by atoms with van der Waals surface area (Å²) < 4.78 is 18.7. The molecule has 2 aliphatic rings. The average Bonchev–Trinajstić information content (AvgIpc) is 3.30. The minimum absolute atomic E-state index is 0.0557. The van der Waals surface area contributed by atoms with Gasteiger partial charge in [0.05, 0.1) is 19.2 Å². The summed E-state index contributed by atoms with van der Waals surface area (Å²) in [4.78, 5) is 41.6. The Balaban J connectivity index is 1.19. The van der Waals surface area contributed by atoms with Gasteiger partial charge in [-0.1, -0.05) is 0 Å². The second kappa shape index (κ2) is 11.3. The lowest BCUT2D eigenvalue weighted by Crippen LogP contribution is -2.51. The molecule has 41 heavy (non-hydrogen) atoms. The summed E-state index contributed by atoms with van der Waals surface area (Å²) >= 11 is 1.38. The third-order valence-electron chi connectivity index (χ3n) is 7.61. The van der Waals surface area contributed by atoms with Crippen LogP contribution in [0.2, 0.25) is 0 Å². The summed E-state index contributed by atoms with van der Waals surface area (Å²) in [5, 5.41) is 24.9. The standard InChI is InChI=1S/C29H30FN5O5S/c1-16(23-10-18(14-41-23)26(31)32)34-28(39)22-11-29(15-36)12-24(29)35(22)25(37)13-33-27(38)17-2-6-20(7-3-17)40-21-8-4-19(30)5-9-21/h2-10,14,16,22,24,36H,11-13,15H2,1H3,(H3,31,32)(H,33,38)(H,34,39)/t16?,22-,24-,29+/m0/s1. The molecule has 2 fully saturated rings. The fraction of sp³-hybridized carbons (Fsp3) is 0.310. The Hall–Kier alpha value is -4.29. The van der Waals surface area contributed by atoms with Gasteiger partial charge in [0.2, 0.25) is 11.8 Å². The van der Waals surface area contributed by atoms with Crippen LogP contribution >= 0.6 is 11.3 Å². The van der Waals surface area contributed by atoms with Crippen LogP contribution < -0.4 is 21.1 Å². The van der Waals surface area contributed by atoms with Gasteiger partial charge in [0.25, 0.3) is 5.91 Å². The number of nitrogens with two attached hydrogens (primary N) is 1. The summed E-state index contributed by atoms with van der Waals surface area (Å²) in [6, 6.07) is 12.2. The van der Waals surface area contributed by atoms with E-state index in [-0.39, 0.29) is 42.8 Å². The number of piperidine rings is 1. The Kier molecular flexibility index (Phi) is 7.78. The Morgan fingerprint density at radius 1 is 1.15 bits per heavy atom. The number of likely N-dealkylation sites (tertiary alicyclic amines) is 1. The van der Waals surface area contributed by atoms with E-state index < -0.39 is 23.3 Å². The molecule has 2 heterocycles. The SMILES string of the molecule is CC(NC(=O)[C@@H]1C[C@]2(CO)C[C@@H]2N1C(=O)CNC(=O)c1ccc(Oc2ccc(F)cc2)cc1)c1cc(C(=N)N)cs1. The lowest BCUT2D eigenvalue weighted by Gasteiger charge is -2.28. The van der Waals surface area contributed by atoms with Crippen molar-refractivity contribution in [1.82, 2.24) is 15.5 Å². The molecule has 1 saturated heterocycles. The highest BCUT2D eigenvalue weighted by Crippen LogP contribution is 2.59. The number of fused-ring (bicyclic) bond motifs is 1. The number of nitrogens with zero attached hydrogens (tertiary/aromatic N) is 1. The molecule has 12 heteroatoms. The van der Waals surface area contributed by atoms with Crippen molar-refractivity contribution < 1.29 is 28.6 Å². The topological polar surface area (TPSA) is 158 Å². The number of ether oxygens (including phenoxy) is 1. The number of nitrogens with one attached hydrogen (secondary N) is 3. The molecule has 1 aliphatic heterocycles. The number of amides is 3. The molecule has 3 aromatic rings. The average molecular weight is 580 g/mol. The minimum atomic E-state index is -0.775. The molecule has 1 saturated carbocycles. The second-order valence-corrected chi connectivity index (χ2v) is 11.3. The van der Waals surface area contributed by atoms with Crippen molar-refractivity contribution in [3.63, 3.8) is 0 Å². The van der Waals surface area contributed by atoms with E-state index >= 15 is 0 Å². The number of thiophene rings is 1. The predicted molar refractivity (Wildman–Crippen MR) is 150 cm³/mol. The zero-order valence-corrected chi connectivity index (χ0v) is 23.0. The number of hydrogen-bond donors (Lipinski definition) is 5. The molecule has 6 N–H and O–H groups in total. The summed E-state index contributed by atoms with van der Waals surface area (Å²) in [6.07, 6.45) is 0.940. The number of aliphatic hydroxyl groups is 1. The predicted octanol–water partition coefficient (Wildman–Crippen LogP) is 2.92. The Labute approximate surface area is 239 Å². The number of hydrogen-bond acceptors (Lipinski definition) is 7. The van der Waals surface area contributed by atoms with Crippen molar-refractivity contribution in [3.05, 3.63) is 81.8 Å². The first-order valence-corrected chi connectivity index (χ1v) is 13.9. The molecule has 214 valence electrons. The van der Waals surface area contributed by atoms with E-state index in [0.717, 1.165) is 4.88 Å². The van der Waals surface area contributed by atoms with Crippen molar-refractivity contribution in [1.29, 1.82) is 5.41 Å². The maximum absolute atomic E-state index is 13.3. The quantitative estimate of drug-likeness (QED) is 0.184. The molecular weight excluding hydrogens is 549 g/mol. The number of amidine groups is 1. The Morgan fingerprint density at radius 2 is 1.80 bits per heavy atom. The summed E-state index contributed by atoms with van der Waals surface area (Å²) in [6.45, 7) is 1.37. The minimum Gasteiger partial charge on any atom is -0.457 e. The third kappa shape index (κ3) is 5.93. The van der Waals surface area contributed by atoms with E-state index in [4.69, 9.17) is 15.9 Å². The monoisotopic (exact) mass is 579 g/mol. The van der Waals surface area contributed by atoms with Crippen LogP contribution in [0.3, 0.4) is 0 Å². The Bertz CT molecular complexity index is 1480. The molecule has 4 atom stereocenters. The molecule has 10 nitrogen and oxygen atoms in total. The fourth-order valence-corrected chi connectivity index (χ4v) is 6.12. The van der Waals surface area contributed by atoms with Gasteiger partial charge in [-0.25, -0.2) is 4.39 Å². The number of benzene rings is 2. The van der Waals surface area contributed by atoms with E-state index in [9.17, 15) is 23.9 Å². The zero-order valence-electron chi connectivity index (χ0n) is 22.2. The van der Waals surface area contributed by atoms with Crippen LogP contribution in [0.25, 0.3) is 0 Å². The van der Waals surface area contributed by atoms with Gasteiger partial charge in [0.1, 0.15) is 29.2 Å². The van der Waals surface area contributed by atoms with Crippen molar-refractivity contribution >= 4 is 34.9 Å². The molecule has 0 spiro atoms. The molecule has 0 bridgehead atoms. The van der Waals surface area contributed by atoms with E-state index in [1.54, 1.807) is 35.7 Å². The fourth-order valence-electron chi connectivity index (χ4n) is 5.20. The summed E-state index contributed by atoms with van der Waals surface area (Å²) in [5.41, 5.74) is 5.93. The molecule has 2 aromatic carbocycles. The number of aliphatic hydroxyl groups excluding tert-OH is 1. The largest absolute Gasteiger partial charge is 0.457 e. The number of carbonyl (C=O) groups excluding carboxylic acids is 3. The van der Waals surface area contributed by atoms with Crippen LogP contribution in [0.4, 0.5) is 4.39 Å². The van der Waals surface area contributed by atoms with Crippen molar-refractivity contribution in [2.75, 3.05) is 13.2 Å².